The molecule has 406 valence electrons. The van der Waals surface area contributed by atoms with Crippen LogP contribution in [0.15, 0.2) is 0 Å². The Morgan fingerprint density at radius 3 is 1.17 bits per heavy atom. The highest BCUT2D eigenvalue weighted by molar-refractivity contribution is 6.62. The van der Waals surface area contributed by atoms with Crippen molar-refractivity contribution < 1.29 is 47.8 Å². The molecule has 4 aliphatic rings. The van der Waals surface area contributed by atoms with Crippen LogP contribution in [0.1, 0.15) is 162 Å². The molecule has 0 unspecified atom stereocenters. The molecular weight excluding hydrogens is 931 g/mol. The zero-order valence-corrected chi connectivity index (χ0v) is 47.1. The Balaban J connectivity index is -0.000000807. The van der Waals surface area contributed by atoms with Gasteiger partial charge in [-0.3, -0.25) is 19.2 Å². The third kappa shape index (κ3) is 35.3. The molecule has 4 aliphatic heterocycles. The van der Waals surface area contributed by atoms with E-state index >= 15 is 0 Å². The van der Waals surface area contributed by atoms with Crippen LogP contribution in [-0.2, 0) is 33.4 Å². The fraction of sp³-hybridized carbons (Fsp3) is 0.857. The second-order valence-corrected chi connectivity index (χ2v) is 20.5. The van der Waals surface area contributed by atoms with E-state index in [1.54, 1.807) is 28.5 Å². The zero-order valence-electron chi connectivity index (χ0n) is 45.6. The average Bonchev–Trinajstić information content (AvgIpc) is 3.21. The van der Waals surface area contributed by atoms with E-state index in [1.165, 1.54) is 6.92 Å². The van der Waals surface area contributed by atoms with Gasteiger partial charge in [-0.2, -0.15) is 0 Å². The van der Waals surface area contributed by atoms with Gasteiger partial charge >= 0.3 is 18.3 Å². The summed E-state index contributed by atoms with van der Waals surface area (Å²) in [7, 11) is 0. The highest BCUT2D eigenvalue weighted by Crippen LogP contribution is 2.20. The van der Waals surface area contributed by atoms with Crippen molar-refractivity contribution in [1.82, 2.24) is 35.1 Å². The number of hydrogen-bond acceptors (Lipinski definition) is 13. The molecule has 4 fully saturated rings. The van der Waals surface area contributed by atoms with Crippen LogP contribution in [0.5, 0.6) is 0 Å². The SMILES string of the molecule is CC(=O)Cl.CC(C)(C)OC(=O)N1CCC(=O)CC1.CCN.CCN(C(C)=O)C1CCN(C(=O)OC(C)(C)C)CC1.CCN(C(C)=O)C1CCNCC1.CCNC1CCN(C(=O)OC(C)(C)C)CC1.Cl. The van der Waals surface area contributed by atoms with E-state index in [0.717, 1.165) is 90.9 Å². The quantitative estimate of drug-likeness (QED) is 0.173. The molecular formula is C49H96Cl2N8O10. The van der Waals surface area contributed by atoms with Crippen LogP contribution in [0.3, 0.4) is 0 Å². The van der Waals surface area contributed by atoms with Gasteiger partial charge in [0.05, 0.1) is 0 Å². The summed E-state index contributed by atoms with van der Waals surface area (Å²) in [6.45, 7) is 38.7. The summed E-state index contributed by atoms with van der Waals surface area (Å²) in [6.07, 6.45) is 6.07. The van der Waals surface area contributed by atoms with E-state index in [2.05, 4.69) is 29.2 Å². The molecule has 0 aromatic rings. The van der Waals surface area contributed by atoms with E-state index in [4.69, 9.17) is 19.9 Å². The van der Waals surface area contributed by atoms with Crippen molar-refractivity contribution in [2.75, 3.05) is 78.5 Å². The maximum Gasteiger partial charge on any atom is 0.410 e. The molecule has 20 heteroatoms. The molecule has 0 radical (unpaired) electrons. The van der Waals surface area contributed by atoms with Crippen molar-refractivity contribution in [3.05, 3.63) is 0 Å². The van der Waals surface area contributed by atoms with Crippen LogP contribution < -0.4 is 16.4 Å². The van der Waals surface area contributed by atoms with Crippen LogP contribution >= 0.6 is 24.0 Å². The molecule has 0 aromatic heterocycles. The predicted octanol–water partition coefficient (Wildman–Crippen LogP) is 7.60. The van der Waals surface area contributed by atoms with Gasteiger partial charge in [0.1, 0.15) is 22.6 Å². The van der Waals surface area contributed by atoms with E-state index in [9.17, 15) is 33.6 Å². The van der Waals surface area contributed by atoms with Gasteiger partial charge in [-0.25, -0.2) is 14.4 Å². The molecule has 4 N–H and O–H groups in total. The van der Waals surface area contributed by atoms with Gasteiger partial charge in [0, 0.05) is 104 Å². The smallest absolute Gasteiger partial charge is 0.410 e. The van der Waals surface area contributed by atoms with Crippen LogP contribution in [0.2, 0.25) is 0 Å². The van der Waals surface area contributed by atoms with E-state index in [1.807, 2.05) is 92.9 Å². The number of ketones is 1. The van der Waals surface area contributed by atoms with E-state index in [-0.39, 0.29) is 59.6 Å². The molecule has 0 saturated carbocycles. The fourth-order valence-corrected chi connectivity index (χ4v) is 7.43. The van der Waals surface area contributed by atoms with Crippen molar-refractivity contribution in [3.63, 3.8) is 0 Å². The number of nitrogens with zero attached hydrogens (tertiary/aromatic N) is 5. The summed E-state index contributed by atoms with van der Waals surface area (Å²) in [6, 6.07) is 1.29. The summed E-state index contributed by atoms with van der Waals surface area (Å²) in [5.74, 6) is 0.549. The first-order valence-corrected chi connectivity index (χ1v) is 25.1. The first-order valence-electron chi connectivity index (χ1n) is 24.7. The first kappa shape index (κ1) is 69.8. The number of nitrogens with two attached hydrogens (primary N) is 1. The summed E-state index contributed by atoms with van der Waals surface area (Å²) in [5, 5.41) is 6.35. The number of amides is 5. The first-order chi connectivity index (χ1) is 31.4. The topological polar surface area (TPSA) is 213 Å². The zero-order chi connectivity index (χ0) is 52.8. The second-order valence-electron chi connectivity index (χ2n) is 20.0. The van der Waals surface area contributed by atoms with Crippen molar-refractivity contribution in [3.8, 4) is 0 Å². The van der Waals surface area contributed by atoms with Gasteiger partial charge in [0.25, 0.3) is 0 Å². The number of rotatable bonds is 6. The number of ether oxygens (including phenoxy) is 3. The van der Waals surface area contributed by atoms with Crippen LogP contribution in [-0.4, -0.2) is 179 Å². The lowest BCUT2D eigenvalue weighted by atomic mass is 10.0. The van der Waals surface area contributed by atoms with Crippen molar-refractivity contribution in [2.24, 2.45) is 5.73 Å². The summed E-state index contributed by atoms with van der Waals surface area (Å²) >= 11 is 4.64. The predicted molar refractivity (Wildman–Crippen MR) is 278 cm³/mol. The van der Waals surface area contributed by atoms with Crippen molar-refractivity contribution in [1.29, 1.82) is 0 Å². The highest BCUT2D eigenvalue weighted by atomic mass is 35.5. The highest BCUT2D eigenvalue weighted by Gasteiger charge is 2.31. The lowest BCUT2D eigenvalue weighted by Gasteiger charge is -2.38. The minimum Gasteiger partial charge on any atom is -0.444 e. The molecule has 4 rings (SSSR count). The average molecular weight is 1030 g/mol. The molecule has 0 aliphatic carbocycles. The molecule has 4 saturated heterocycles. The third-order valence-electron chi connectivity index (χ3n) is 10.4. The number of Topliss-reactive ketones (excluding diaryl/α,β-unsaturated/α-hetero) is 1. The number of carbonyl (C=O) groups is 7. The van der Waals surface area contributed by atoms with Gasteiger partial charge in [-0.15, -0.1) is 12.4 Å². The molecule has 5 amide bonds. The Kier molecular flexibility index (Phi) is 36.9. The number of carbonyl (C=O) groups excluding carboxylic acids is 7. The summed E-state index contributed by atoms with van der Waals surface area (Å²) in [5.41, 5.74) is 3.54. The van der Waals surface area contributed by atoms with Gasteiger partial charge in [-0.05, 0) is 152 Å². The maximum atomic E-state index is 11.9. The molecule has 0 aromatic carbocycles. The minimum absolute atomic E-state index is 0. The number of nitrogens with one attached hydrogen (secondary N) is 2. The Labute approximate surface area is 427 Å². The second kappa shape index (κ2) is 36.5. The Bertz CT molecular complexity index is 1470. The van der Waals surface area contributed by atoms with Crippen molar-refractivity contribution >= 4 is 65.1 Å². The van der Waals surface area contributed by atoms with Crippen LogP contribution in [0, 0.1) is 0 Å². The van der Waals surface area contributed by atoms with Gasteiger partial charge in [0.2, 0.25) is 17.1 Å². The lowest BCUT2D eigenvalue weighted by Crippen LogP contribution is -2.49. The van der Waals surface area contributed by atoms with E-state index < -0.39 is 16.8 Å². The van der Waals surface area contributed by atoms with Crippen LogP contribution in [0.4, 0.5) is 14.4 Å². The minimum atomic E-state index is -0.460. The molecule has 18 nitrogen and oxygen atoms in total. The van der Waals surface area contributed by atoms with Gasteiger partial charge < -0.3 is 55.1 Å². The van der Waals surface area contributed by atoms with Crippen LogP contribution in [0.25, 0.3) is 0 Å². The number of likely N-dealkylation sites (tertiary alicyclic amines) is 3. The Morgan fingerprint density at radius 2 is 0.899 bits per heavy atom. The molecule has 0 atom stereocenters. The standard InChI is InChI=1S/C14H26N2O3.C12H24N2O2.C10H17NO3.C9H18N2O.C2H3ClO.C2H7N.ClH/c1-6-16(11(2)17)12-7-9-15(10-8-12)13(18)19-14(3,4)5;1-5-13-10-6-8-14(9-7-10)11(15)16-12(2,3)4;1-10(2,3)14-9(13)11-6-4-8(12)5-7-11;1-3-11(8(2)12)9-4-6-10-7-5-9;1-2(3)4;1-2-3;/h12H,6-10H2,1-5H3;10,13H,5-9H2,1-4H3;4-7H2,1-3H3;9-10H,3-7H2,1-2H3;1H3;2-3H2,1H3;1H. The monoisotopic (exact) mass is 1030 g/mol. The van der Waals surface area contributed by atoms with E-state index in [0.29, 0.717) is 51.1 Å². The molecule has 0 spiro atoms. The number of piperidine rings is 4. The van der Waals surface area contributed by atoms with Gasteiger partial charge in [-0.1, -0.05) is 13.8 Å². The molecule has 0 bridgehead atoms. The normalized spacial score (nSPS) is 16.7. The molecule has 4 heterocycles. The summed E-state index contributed by atoms with van der Waals surface area (Å²) in [4.78, 5) is 87.0. The lowest BCUT2D eigenvalue weighted by molar-refractivity contribution is -0.132. The Hall–Kier alpha value is -3.45. The van der Waals surface area contributed by atoms with Gasteiger partial charge in [0.15, 0.2) is 0 Å². The fourth-order valence-electron chi connectivity index (χ4n) is 7.43. The molecule has 69 heavy (non-hydrogen) atoms. The Morgan fingerprint density at radius 1 is 0.609 bits per heavy atom. The third-order valence-corrected chi connectivity index (χ3v) is 10.4. The van der Waals surface area contributed by atoms with Crippen molar-refractivity contribution in [2.45, 2.75) is 197 Å². The number of hydrogen-bond donors (Lipinski definition) is 3. The largest absolute Gasteiger partial charge is 0.444 e. The maximum absolute atomic E-state index is 11.9. The summed E-state index contributed by atoms with van der Waals surface area (Å²) < 4.78 is 15.9. The number of halogens is 2.